The number of nitrogens with one attached hydrogen (secondary N) is 2. The normalized spacial score (nSPS) is 11.9. The van der Waals surface area contributed by atoms with Gasteiger partial charge in [-0.25, -0.2) is 9.55 Å². The number of H-pyrrole nitrogens is 1. The Morgan fingerprint density at radius 1 is 1.23 bits per heavy atom. The Hall–Kier alpha value is -4.10. The Kier molecular flexibility index (Phi) is 4.73. The largest absolute Gasteiger partial charge is 0.382 e. The monoisotopic (exact) mass is 421 g/mol. The second kappa shape index (κ2) is 7.38. The number of aromatic amines is 1. The molecule has 3 aromatic heterocycles. The predicted octanol–water partition coefficient (Wildman–Crippen LogP) is 2.37. The van der Waals surface area contributed by atoms with Crippen LogP contribution in [0.2, 0.25) is 5.02 Å². The molecule has 0 aliphatic heterocycles. The van der Waals surface area contributed by atoms with Gasteiger partial charge < -0.3 is 21.8 Å². The second-order valence-corrected chi connectivity index (χ2v) is 6.88. The highest BCUT2D eigenvalue weighted by molar-refractivity contribution is 6.35. The highest BCUT2D eigenvalue weighted by Crippen LogP contribution is 2.26. The molecule has 0 fully saturated rings. The van der Waals surface area contributed by atoms with Gasteiger partial charge in [-0.3, -0.25) is 4.79 Å². The molecule has 30 heavy (non-hydrogen) atoms. The number of aromatic nitrogens is 5. The van der Waals surface area contributed by atoms with Gasteiger partial charge in [-0.05, 0) is 31.2 Å². The molecule has 4 aromatic rings. The molecule has 0 aliphatic carbocycles. The fourth-order valence-corrected chi connectivity index (χ4v) is 3.42. The van der Waals surface area contributed by atoms with Crippen molar-refractivity contribution in [1.82, 2.24) is 24.5 Å². The third-order valence-electron chi connectivity index (χ3n) is 4.50. The quantitative estimate of drug-likeness (QED) is 0.389. The molecular weight excluding hydrogens is 406 g/mol. The molecule has 0 aliphatic rings. The zero-order valence-corrected chi connectivity index (χ0v) is 16.5. The maximum absolute atomic E-state index is 13.3. The van der Waals surface area contributed by atoms with Gasteiger partial charge in [-0.1, -0.05) is 17.7 Å². The van der Waals surface area contributed by atoms with Crippen LogP contribution in [0, 0.1) is 11.3 Å². The number of nitrogens with two attached hydrogens (primary N) is 2. The highest BCUT2D eigenvalue weighted by Gasteiger charge is 2.22. The van der Waals surface area contributed by atoms with Gasteiger partial charge in [0.25, 0.3) is 5.56 Å². The van der Waals surface area contributed by atoms with Gasteiger partial charge in [0.2, 0.25) is 5.95 Å². The van der Waals surface area contributed by atoms with Crippen LogP contribution in [-0.4, -0.2) is 24.5 Å². The number of nitrogens with zero attached hydrogens (tertiary/aromatic N) is 5. The SMILES string of the molecule is CC(Nc1nc(N)nc(N)c1C#N)c1nc2cccc(Cl)c2c(=O)n1-c1ccc[nH]1. The van der Waals surface area contributed by atoms with Crippen LogP contribution in [0.5, 0.6) is 0 Å². The number of hydrogen-bond donors (Lipinski definition) is 4. The van der Waals surface area contributed by atoms with Gasteiger partial charge in [-0.2, -0.15) is 15.2 Å². The van der Waals surface area contributed by atoms with Crippen LogP contribution in [0.3, 0.4) is 0 Å². The number of benzene rings is 1. The first-order chi connectivity index (χ1) is 14.4. The molecule has 0 saturated heterocycles. The fourth-order valence-electron chi connectivity index (χ4n) is 3.17. The van der Waals surface area contributed by atoms with Crippen LogP contribution in [0.15, 0.2) is 41.3 Å². The lowest BCUT2D eigenvalue weighted by atomic mass is 10.2. The number of nitrogen functional groups attached to an aromatic ring is 2. The van der Waals surface area contributed by atoms with E-state index in [4.69, 9.17) is 23.1 Å². The Balaban J connectivity index is 1.92. The topological polar surface area (TPSA) is 164 Å². The maximum Gasteiger partial charge on any atom is 0.268 e. The summed E-state index contributed by atoms with van der Waals surface area (Å²) in [6, 6.07) is 9.96. The molecule has 0 spiro atoms. The summed E-state index contributed by atoms with van der Waals surface area (Å²) >= 11 is 6.27. The van der Waals surface area contributed by atoms with E-state index >= 15 is 0 Å². The van der Waals surface area contributed by atoms with Gasteiger partial charge in [-0.15, -0.1) is 0 Å². The van der Waals surface area contributed by atoms with Crippen LogP contribution in [0.1, 0.15) is 24.4 Å². The number of hydrogen-bond acceptors (Lipinski definition) is 8. The minimum absolute atomic E-state index is 0.0419. The number of anilines is 3. The van der Waals surface area contributed by atoms with Gasteiger partial charge >= 0.3 is 0 Å². The fraction of sp³-hybridized carbons (Fsp3) is 0.105. The van der Waals surface area contributed by atoms with Gasteiger partial charge in [0.1, 0.15) is 29.1 Å². The first-order valence-corrected chi connectivity index (χ1v) is 9.23. The molecule has 0 bridgehead atoms. The number of halogens is 1. The summed E-state index contributed by atoms with van der Waals surface area (Å²) in [5, 5.41) is 13.1. The van der Waals surface area contributed by atoms with Gasteiger partial charge in [0.15, 0.2) is 5.82 Å². The summed E-state index contributed by atoms with van der Waals surface area (Å²) in [5.74, 6) is 0.909. The first-order valence-electron chi connectivity index (χ1n) is 8.85. The summed E-state index contributed by atoms with van der Waals surface area (Å²) in [6.07, 6.45) is 1.69. The van der Waals surface area contributed by atoms with Crippen LogP contribution < -0.4 is 22.3 Å². The van der Waals surface area contributed by atoms with Crippen molar-refractivity contribution < 1.29 is 0 Å². The zero-order valence-electron chi connectivity index (χ0n) is 15.7. The van der Waals surface area contributed by atoms with Crippen molar-refractivity contribution in [1.29, 1.82) is 5.26 Å². The molecule has 0 saturated carbocycles. The molecule has 10 nitrogen and oxygen atoms in total. The van der Waals surface area contributed by atoms with E-state index in [9.17, 15) is 10.1 Å². The number of fused-ring (bicyclic) bond motifs is 1. The van der Waals surface area contributed by atoms with E-state index in [1.54, 1.807) is 43.5 Å². The molecule has 1 unspecified atom stereocenters. The Bertz CT molecular complexity index is 1360. The lowest BCUT2D eigenvalue weighted by Crippen LogP contribution is -2.28. The number of rotatable bonds is 4. The van der Waals surface area contributed by atoms with E-state index in [1.165, 1.54) is 4.57 Å². The summed E-state index contributed by atoms with van der Waals surface area (Å²) < 4.78 is 1.42. The Labute approximate surface area is 175 Å². The lowest BCUT2D eigenvalue weighted by molar-refractivity contribution is 0.723. The van der Waals surface area contributed by atoms with Gasteiger partial charge in [0, 0.05) is 6.20 Å². The van der Waals surface area contributed by atoms with E-state index < -0.39 is 6.04 Å². The van der Waals surface area contributed by atoms with Crippen molar-refractivity contribution in [3.63, 3.8) is 0 Å². The van der Waals surface area contributed by atoms with E-state index in [1.807, 2.05) is 6.07 Å². The van der Waals surface area contributed by atoms with Crippen molar-refractivity contribution >= 4 is 40.1 Å². The highest BCUT2D eigenvalue weighted by atomic mass is 35.5. The molecule has 1 atom stereocenters. The summed E-state index contributed by atoms with van der Waals surface area (Å²) in [4.78, 5) is 28.9. The molecule has 150 valence electrons. The van der Waals surface area contributed by atoms with E-state index in [-0.39, 0.29) is 28.7 Å². The van der Waals surface area contributed by atoms with E-state index in [0.717, 1.165) is 0 Å². The molecule has 1 aromatic carbocycles. The van der Waals surface area contributed by atoms with E-state index in [2.05, 4.69) is 25.3 Å². The van der Waals surface area contributed by atoms with Crippen molar-refractivity contribution in [3.05, 3.63) is 63.3 Å². The Morgan fingerprint density at radius 3 is 2.73 bits per heavy atom. The van der Waals surface area contributed by atoms with E-state index in [0.29, 0.717) is 27.6 Å². The van der Waals surface area contributed by atoms with Crippen molar-refractivity contribution in [2.75, 3.05) is 16.8 Å². The van der Waals surface area contributed by atoms with Crippen LogP contribution in [0.25, 0.3) is 16.7 Å². The minimum atomic E-state index is -0.565. The first kappa shape index (κ1) is 19.2. The molecule has 6 N–H and O–H groups in total. The molecule has 0 amide bonds. The standard InChI is InChI=1S/C19H16ClN9O/c1-9(25-16-10(8-21)15(22)27-19(23)28-16)17-26-12-5-2-4-11(20)14(12)18(30)29(17)13-6-3-7-24-13/h2-7,9,24H,1H3,(H5,22,23,25,27,28). The zero-order chi connectivity index (χ0) is 21.4. The Morgan fingerprint density at radius 2 is 2.03 bits per heavy atom. The van der Waals surface area contributed by atoms with Crippen molar-refractivity contribution in [3.8, 4) is 11.9 Å². The summed E-state index contributed by atoms with van der Waals surface area (Å²) in [5.41, 5.74) is 11.6. The smallest absolute Gasteiger partial charge is 0.268 e. The second-order valence-electron chi connectivity index (χ2n) is 6.47. The van der Waals surface area contributed by atoms with Crippen LogP contribution >= 0.6 is 11.6 Å². The maximum atomic E-state index is 13.3. The average Bonchev–Trinajstić information content (AvgIpc) is 3.21. The van der Waals surface area contributed by atoms with Crippen molar-refractivity contribution in [2.45, 2.75) is 13.0 Å². The predicted molar refractivity (Wildman–Crippen MR) is 114 cm³/mol. The third-order valence-corrected chi connectivity index (χ3v) is 4.82. The van der Waals surface area contributed by atoms with Gasteiger partial charge in [0.05, 0.1) is 22.0 Å². The van der Waals surface area contributed by atoms with Crippen LogP contribution in [0.4, 0.5) is 17.6 Å². The third kappa shape index (κ3) is 3.17. The van der Waals surface area contributed by atoms with Crippen molar-refractivity contribution in [2.24, 2.45) is 0 Å². The minimum Gasteiger partial charge on any atom is -0.382 e. The molecule has 0 radical (unpaired) electrons. The molecule has 11 heteroatoms. The molecule has 3 heterocycles. The van der Waals surface area contributed by atoms with Crippen LogP contribution in [-0.2, 0) is 0 Å². The summed E-state index contributed by atoms with van der Waals surface area (Å²) in [7, 11) is 0. The summed E-state index contributed by atoms with van der Waals surface area (Å²) in [6.45, 7) is 1.77. The lowest BCUT2D eigenvalue weighted by Gasteiger charge is -2.20. The average molecular weight is 422 g/mol. The molecular formula is C19H16ClN9O. The molecule has 4 rings (SSSR count). The number of nitriles is 1.